The molecule has 3 atom stereocenters. The van der Waals surface area contributed by atoms with Gasteiger partial charge in [-0.1, -0.05) is 67.8 Å². The number of carboxylic acids is 1. The van der Waals surface area contributed by atoms with Gasteiger partial charge in [0.2, 0.25) is 5.91 Å². The number of ether oxygens (including phenoxy) is 1. The molecule has 2 amide bonds. The van der Waals surface area contributed by atoms with Crippen molar-refractivity contribution in [2.45, 2.75) is 62.9 Å². The van der Waals surface area contributed by atoms with Crippen molar-refractivity contribution >= 4 is 18.0 Å². The summed E-state index contributed by atoms with van der Waals surface area (Å²) in [7, 11) is 0. The molecule has 5 rings (SSSR count). The van der Waals surface area contributed by atoms with E-state index in [0.717, 1.165) is 43.2 Å². The van der Waals surface area contributed by atoms with E-state index < -0.39 is 24.0 Å². The Hall–Kier alpha value is -3.35. The van der Waals surface area contributed by atoms with Crippen molar-refractivity contribution < 1.29 is 24.2 Å². The summed E-state index contributed by atoms with van der Waals surface area (Å²) >= 11 is 0. The smallest absolute Gasteiger partial charge is 0.407 e. The molecule has 2 aromatic rings. The highest BCUT2D eigenvalue weighted by Gasteiger charge is 2.38. The van der Waals surface area contributed by atoms with E-state index in [4.69, 9.17) is 4.74 Å². The van der Waals surface area contributed by atoms with Gasteiger partial charge >= 0.3 is 12.1 Å². The minimum absolute atomic E-state index is 0.00594. The second kappa shape index (κ2) is 10.1. The van der Waals surface area contributed by atoms with Crippen molar-refractivity contribution in [2.75, 3.05) is 6.61 Å². The summed E-state index contributed by atoms with van der Waals surface area (Å²) < 4.78 is 5.68. The normalized spacial score (nSPS) is 22.3. The van der Waals surface area contributed by atoms with Gasteiger partial charge in [0, 0.05) is 12.0 Å². The van der Waals surface area contributed by atoms with Crippen molar-refractivity contribution in [3.8, 4) is 11.1 Å². The number of carbonyl (C=O) groups is 3. The standard InChI is InChI=1S/C28H32N2O5/c31-26(30-25(27(32)33)17-8-7-9-17)22-14-5-6-15-24(22)29-28(34)35-16-23-20-12-3-1-10-18(20)19-11-2-4-13-21(19)23/h1-4,10-13,17,22-25H,5-9,14-16H2,(H,29,34)(H,30,31)(H,32,33)/t22-,24+,25?/m1/s1. The lowest BCUT2D eigenvalue weighted by Gasteiger charge is -2.35. The fraction of sp³-hybridized carbons (Fsp3) is 0.464. The first-order valence-corrected chi connectivity index (χ1v) is 12.7. The second-order valence-electron chi connectivity index (χ2n) is 9.98. The van der Waals surface area contributed by atoms with Gasteiger partial charge in [0.1, 0.15) is 12.6 Å². The van der Waals surface area contributed by atoms with Crippen LogP contribution < -0.4 is 10.6 Å². The Balaban J connectivity index is 1.21. The van der Waals surface area contributed by atoms with Gasteiger partial charge < -0.3 is 20.5 Å². The Morgan fingerprint density at radius 2 is 1.51 bits per heavy atom. The van der Waals surface area contributed by atoms with Crippen molar-refractivity contribution in [2.24, 2.45) is 11.8 Å². The average molecular weight is 477 g/mol. The maximum atomic E-state index is 13.0. The highest BCUT2D eigenvalue weighted by atomic mass is 16.5. The number of rotatable bonds is 7. The number of amides is 2. The van der Waals surface area contributed by atoms with Crippen molar-refractivity contribution in [3.05, 3.63) is 59.7 Å². The summed E-state index contributed by atoms with van der Waals surface area (Å²) in [5, 5.41) is 15.2. The molecule has 2 saturated carbocycles. The number of fused-ring (bicyclic) bond motifs is 3. The van der Waals surface area contributed by atoms with Crippen LogP contribution in [-0.2, 0) is 14.3 Å². The van der Waals surface area contributed by atoms with E-state index in [1.54, 1.807) is 0 Å². The zero-order valence-corrected chi connectivity index (χ0v) is 19.7. The molecule has 0 heterocycles. The van der Waals surface area contributed by atoms with Crippen LogP contribution in [0.25, 0.3) is 11.1 Å². The molecule has 35 heavy (non-hydrogen) atoms. The fourth-order valence-corrected chi connectivity index (χ4v) is 5.82. The topological polar surface area (TPSA) is 105 Å². The highest BCUT2D eigenvalue weighted by Crippen LogP contribution is 2.44. The molecular weight excluding hydrogens is 444 g/mol. The summed E-state index contributed by atoms with van der Waals surface area (Å²) in [6.45, 7) is 0.214. The van der Waals surface area contributed by atoms with Gasteiger partial charge in [0.25, 0.3) is 0 Å². The summed E-state index contributed by atoms with van der Waals surface area (Å²) in [5.74, 6) is -1.76. The van der Waals surface area contributed by atoms with Gasteiger partial charge in [0.15, 0.2) is 0 Å². The van der Waals surface area contributed by atoms with Crippen LogP contribution in [0.15, 0.2) is 48.5 Å². The number of carbonyl (C=O) groups excluding carboxylic acids is 2. The average Bonchev–Trinajstić information content (AvgIpc) is 3.15. The third kappa shape index (κ3) is 4.77. The highest BCUT2D eigenvalue weighted by molar-refractivity contribution is 5.86. The fourth-order valence-electron chi connectivity index (χ4n) is 5.82. The summed E-state index contributed by atoms with van der Waals surface area (Å²) in [4.78, 5) is 37.5. The molecule has 7 heteroatoms. The molecule has 0 aromatic heterocycles. The Bertz CT molecular complexity index is 1070. The van der Waals surface area contributed by atoms with Crippen LogP contribution in [0.2, 0.25) is 0 Å². The van der Waals surface area contributed by atoms with Crippen molar-refractivity contribution in [3.63, 3.8) is 0 Å². The summed E-state index contributed by atoms with van der Waals surface area (Å²) in [5.41, 5.74) is 4.63. The lowest BCUT2D eigenvalue weighted by atomic mass is 9.78. The molecule has 3 aliphatic carbocycles. The van der Waals surface area contributed by atoms with Crippen molar-refractivity contribution in [1.82, 2.24) is 10.6 Å². The Morgan fingerprint density at radius 3 is 2.11 bits per heavy atom. The van der Waals surface area contributed by atoms with Gasteiger partial charge in [-0.25, -0.2) is 9.59 Å². The molecule has 0 saturated heterocycles. The van der Waals surface area contributed by atoms with Crippen LogP contribution >= 0.6 is 0 Å². The molecule has 3 N–H and O–H groups in total. The van der Waals surface area contributed by atoms with Gasteiger partial charge in [-0.3, -0.25) is 4.79 Å². The predicted molar refractivity (Wildman–Crippen MR) is 131 cm³/mol. The molecule has 0 radical (unpaired) electrons. The number of benzene rings is 2. The van der Waals surface area contributed by atoms with E-state index >= 15 is 0 Å². The van der Waals surface area contributed by atoms with Gasteiger partial charge in [0.05, 0.1) is 5.92 Å². The molecule has 1 unspecified atom stereocenters. The quantitative estimate of drug-likeness (QED) is 0.548. The molecule has 0 aliphatic heterocycles. The molecule has 184 valence electrons. The first-order valence-electron chi connectivity index (χ1n) is 12.7. The molecule has 2 aromatic carbocycles. The van der Waals surface area contributed by atoms with Crippen LogP contribution in [0.1, 0.15) is 62.0 Å². The second-order valence-corrected chi connectivity index (χ2v) is 9.98. The third-order valence-electron chi connectivity index (χ3n) is 7.93. The van der Waals surface area contributed by atoms with E-state index in [1.165, 1.54) is 11.1 Å². The maximum absolute atomic E-state index is 13.0. The van der Waals surface area contributed by atoms with E-state index in [2.05, 4.69) is 34.9 Å². The first-order chi connectivity index (χ1) is 17.0. The number of nitrogens with one attached hydrogen (secondary N) is 2. The largest absolute Gasteiger partial charge is 0.480 e. The van der Waals surface area contributed by atoms with Gasteiger partial charge in [-0.2, -0.15) is 0 Å². The lowest BCUT2D eigenvalue weighted by molar-refractivity contribution is -0.145. The number of alkyl carbamates (subject to hydrolysis) is 1. The number of aliphatic carboxylic acids is 1. The summed E-state index contributed by atoms with van der Waals surface area (Å²) in [6, 6.07) is 15.1. The molecule has 0 bridgehead atoms. The molecule has 0 spiro atoms. The minimum Gasteiger partial charge on any atom is -0.480 e. The number of hydrogen-bond acceptors (Lipinski definition) is 4. The third-order valence-corrected chi connectivity index (χ3v) is 7.93. The van der Waals surface area contributed by atoms with Gasteiger partial charge in [-0.05, 0) is 53.9 Å². The van der Waals surface area contributed by atoms with Crippen LogP contribution in [0.3, 0.4) is 0 Å². The zero-order valence-electron chi connectivity index (χ0n) is 19.7. The van der Waals surface area contributed by atoms with Crippen LogP contribution in [0.5, 0.6) is 0 Å². The molecular formula is C28H32N2O5. The molecule has 3 aliphatic rings. The van der Waals surface area contributed by atoms with Crippen molar-refractivity contribution in [1.29, 1.82) is 0 Å². The SMILES string of the molecule is O=C(N[C@H]1CCCC[C@H]1C(=O)NC(C(=O)O)C1CCC1)OCC1c2ccccc2-c2ccccc21. The Labute approximate surface area is 205 Å². The Morgan fingerprint density at radius 1 is 0.886 bits per heavy atom. The monoisotopic (exact) mass is 476 g/mol. The van der Waals surface area contributed by atoms with E-state index in [1.807, 2.05) is 24.3 Å². The van der Waals surface area contributed by atoms with Crippen LogP contribution in [-0.4, -0.2) is 41.8 Å². The van der Waals surface area contributed by atoms with E-state index in [-0.39, 0.29) is 30.4 Å². The Kier molecular flexibility index (Phi) is 6.75. The predicted octanol–water partition coefficient (Wildman–Crippen LogP) is 4.45. The molecule has 2 fully saturated rings. The zero-order chi connectivity index (χ0) is 24.4. The molecule has 7 nitrogen and oxygen atoms in total. The van der Waals surface area contributed by atoms with Crippen LogP contribution in [0.4, 0.5) is 4.79 Å². The summed E-state index contributed by atoms with van der Waals surface area (Å²) in [6.07, 6.45) is 5.18. The first kappa shape index (κ1) is 23.4. The minimum atomic E-state index is -0.986. The number of carboxylic acid groups (broad SMARTS) is 1. The van der Waals surface area contributed by atoms with E-state index in [9.17, 15) is 19.5 Å². The van der Waals surface area contributed by atoms with Gasteiger partial charge in [-0.15, -0.1) is 0 Å². The van der Waals surface area contributed by atoms with Crippen LogP contribution in [0, 0.1) is 11.8 Å². The van der Waals surface area contributed by atoms with E-state index in [0.29, 0.717) is 12.8 Å². The maximum Gasteiger partial charge on any atom is 0.407 e. The lowest BCUT2D eigenvalue weighted by Crippen LogP contribution is -2.54. The number of hydrogen-bond donors (Lipinski definition) is 3.